The molecular weight excluding hydrogens is 476 g/mol. The van der Waals surface area contributed by atoms with Crippen LogP contribution in [-0.2, 0) is 6.61 Å². The number of halogens is 1. The van der Waals surface area contributed by atoms with Gasteiger partial charge in [-0.1, -0.05) is 0 Å². The number of aliphatic hydroxyl groups is 1. The molecule has 2 aromatic rings. The Bertz CT molecular complexity index is 745. The fourth-order valence-corrected chi connectivity index (χ4v) is 19.1. The van der Waals surface area contributed by atoms with Crippen LogP contribution < -0.4 is 8.45 Å². The van der Waals surface area contributed by atoms with Crippen molar-refractivity contribution in [3.8, 4) is 11.4 Å². The van der Waals surface area contributed by atoms with Crippen molar-refractivity contribution in [1.82, 2.24) is 15.0 Å². The van der Waals surface area contributed by atoms with Crippen molar-refractivity contribution in [3.05, 3.63) is 29.7 Å². The first-order chi connectivity index (χ1) is 14.1. The van der Waals surface area contributed by atoms with Gasteiger partial charge in [-0.2, -0.15) is 0 Å². The number of hydrogen-bond donors (Lipinski definition) is 1. The normalized spacial score (nSPS) is 11.8. The van der Waals surface area contributed by atoms with Crippen molar-refractivity contribution in [2.45, 2.75) is 79.2 Å². The molecule has 0 aliphatic rings. The van der Waals surface area contributed by atoms with Crippen LogP contribution >= 0.6 is 0 Å². The van der Waals surface area contributed by atoms with Crippen LogP contribution in [0, 0.1) is 5.82 Å². The molecule has 1 aromatic heterocycles. The number of aliphatic hydroxyl groups excluding tert-OH is 1. The average molecular weight is 512 g/mol. The number of hydrogen-bond acceptors (Lipinski definition) is 4. The molecule has 0 spiro atoms. The maximum atomic E-state index is 14.6. The van der Waals surface area contributed by atoms with Crippen LogP contribution in [-0.4, -0.2) is 45.6 Å². The molecule has 0 radical (unpaired) electrons. The van der Waals surface area contributed by atoms with E-state index in [1.807, 2.05) is 6.20 Å². The third-order valence-electron chi connectivity index (χ3n) is 5.87. The molecule has 162 valence electrons. The Morgan fingerprint density at radius 3 is 2.10 bits per heavy atom. The number of rotatable bonds is 13. The Morgan fingerprint density at radius 2 is 1.62 bits per heavy atom. The van der Waals surface area contributed by atoms with E-state index in [-0.39, 0.29) is 11.3 Å². The molecule has 0 saturated carbocycles. The van der Waals surface area contributed by atoms with Gasteiger partial charge < -0.3 is 0 Å². The summed E-state index contributed by atoms with van der Waals surface area (Å²) in [6.45, 7) is 6.34. The number of aromatic nitrogens is 3. The molecule has 7 heteroatoms. The van der Waals surface area contributed by atoms with E-state index in [2.05, 4.69) is 31.1 Å². The minimum atomic E-state index is -2.70. The van der Waals surface area contributed by atoms with Crippen LogP contribution in [0.15, 0.2) is 18.3 Å². The van der Waals surface area contributed by atoms with Gasteiger partial charge in [0.05, 0.1) is 0 Å². The minimum absolute atomic E-state index is 0.125. The van der Waals surface area contributed by atoms with E-state index in [1.165, 1.54) is 62.7 Å². The third kappa shape index (κ3) is 5.72. The Kier molecular flexibility index (Phi) is 9.89. The Morgan fingerprint density at radius 1 is 1.03 bits per heavy atom. The molecule has 0 aliphatic heterocycles. The molecule has 5 nitrogen and oxygen atoms in total. The number of benzene rings is 1. The van der Waals surface area contributed by atoms with Gasteiger partial charge in [0.2, 0.25) is 0 Å². The van der Waals surface area contributed by atoms with Gasteiger partial charge in [0.25, 0.3) is 0 Å². The Balaban J connectivity index is 2.47. The van der Waals surface area contributed by atoms with Gasteiger partial charge in [0, 0.05) is 0 Å². The first kappa shape index (κ1) is 24.1. The summed E-state index contributed by atoms with van der Waals surface area (Å²) in [5.74, 6) is -0.414. The number of methoxy groups -OCH3 is 1. The standard InChI is InChI=1S/C10H9FN3O2.3C4H9.Sn/c1-16-9-3-2-8(7(6-15)10(9)11)14-5-4-12-13-14;3*1-3-4-2;/h2-3,5,15H,6H2,1H3;3*1,3-4H2,2H3;. The number of nitrogens with zero attached hydrogens (tertiary/aromatic N) is 3. The van der Waals surface area contributed by atoms with Crippen LogP contribution in [0.1, 0.15) is 64.9 Å². The van der Waals surface area contributed by atoms with Crippen LogP contribution in [0.2, 0.25) is 13.3 Å². The predicted octanol–water partition coefficient (Wildman–Crippen LogP) is 4.96. The van der Waals surface area contributed by atoms with E-state index >= 15 is 0 Å². The molecule has 0 aliphatic carbocycles. The van der Waals surface area contributed by atoms with Gasteiger partial charge in [-0.05, 0) is 0 Å². The fourth-order valence-electron chi connectivity index (χ4n) is 4.04. The Hall–Kier alpha value is -1.15. The van der Waals surface area contributed by atoms with E-state index in [0.29, 0.717) is 5.69 Å². The zero-order valence-corrected chi connectivity index (χ0v) is 21.2. The first-order valence-corrected chi connectivity index (χ1v) is 18.4. The molecule has 0 bridgehead atoms. The molecule has 0 fully saturated rings. The fraction of sp³-hybridized carbons (Fsp3) is 0.636. The van der Waals surface area contributed by atoms with Crippen molar-refractivity contribution in [3.63, 3.8) is 0 Å². The van der Waals surface area contributed by atoms with Crippen LogP contribution in [0.5, 0.6) is 5.75 Å². The molecule has 1 heterocycles. The molecule has 0 saturated heterocycles. The summed E-state index contributed by atoms with van der Waals surface area (Å²) in [6.07, 6.45) is 9.36. The molecule has 0 atom stereocenters. The topological polar surface area (TPSA) is 60.2 Å². The number of unbranched alkanes of at least 4 members (excludes halogenated alkanes) is 3. The monoisotopic (exact) mass is 513 g/mol. The summed E-state index contributed by atoms with van der Waals surface area (Å²) in [5.41, 5.74) is 0.725. The van der Waals surface area contributed by atoms with Crippen LogP contribution in [0.25, 0.3) is 5.69 Å². The van der Waals surface area contributed by atoms with Gasteiger partial charge in [0.1, 0.15) is 0 Å². The molecular formula is C22H36FN3O2Sn. The zero-order chi connectivity index (χ0) is 21.3. The van der Waals surface area contributed by atoms with Crippen LogP contribution in [0.4, 0.5) is 4.39 Å². The van der Waals surface area contributed by atoms with E-state index in [9.17, 15) is 9.50 Å². The van der Waals surface area contributed by atoms with Gasteiger partial charge in [0.15, 0.2) is 0 Å². The van der Waals surface area contributed by atoms with E-state index in [1.54, 1.807) is 16.8 Å². The second-order valence-electron chi connectivity index (χ2n) is 7.88. The second kappa shape index (κ2) is 11.9. The zero-order valence-electron chi connectivity index (χ0n) is 18.4. The van der Waals surface area contributed by atoms with Gasteiger partial charge in [-0.3, -0.25) is 0 Å². The molecule has 0 amide bonds. The number of ether oxygens (including phenoxy) is 1. The molecule has 1 N–H and O–H groups in total. The molecule has 1 aromatic carbocycles. The summed E-state index contributed by atoms with van der Waals surface area (Å²) >= 11 is -2.70. The van der Waals surface area contributed by atoms with E-state index < -0.39 is 30.8 Å². The summed E-state index contributed by atoms with van der Waals surface area (Å²) in [4.78, 5) is 0. The van der Waals surface area contributed by atoms with Gasteiger partial charge >= 0.3 is 179 Å². The average Bonchev–Trinajstić information content (AvgIpc) is 3.24. The van der Waals surface area contributed by atoms with Crippen molar-refractivity contribution in [2.24, 2.45) is 0 Å². The third-order valence-corrected chi connectivity index (χ3v) is 20.8. The van der Waals surface area contributed by atoms with Crippen LogP contribution in [0.3, 0.4) is 0 Å². The van der Waals surface area contributed by atoms with Crippen molar-refractivity contribution >= 4 is 22.1 Å². The second-order valence-corrected chi connectivity index (χ2v) is 20.9. The van der Waals surface area contributed by atoms with Gasteiger partial charge in [-0.15, -0.1) is 0 Å². The summed E-state index contributed by atoms with van der Waals surface area (Å²) < 4.78 is 26.4. The Labute approximate surface area is 178 Å². The van der Waals surface area contributed by atoms with E-state index in [4.69, 9.17) is 4.74 Å². The van der Waals surface area contributed by atoms with E-state index in [0.717, 1.165) is 0 Å². The van der Waals surface area contributed by atoms with Crippen molar-refractivity contribution in [2.75, 3.05) is 7.11 Å². The summed E-state index contributed by atoms with van der Waals surface area (Å²) in [7, 11) is 1.42. The first-order valence-electron chi connectivity index (χ1n) is 11.0. The molecule has 29 heavy (non-hydrogen) atoms. The quantitative estimate of drug-likeness (QED) is 0.386. The molecule has 0 unspecified atom stereocenters. The summed E-state index contributed by atoms with van der Waals surface area (Å²) in [5, 5.41) is 18.8. The maximum absolute atomic E-state index is 14.6. The predicted molar refractivity (Wildman–Crippen MR) is 118 cm³/mol. The van der Waals surface area contributed by atoms with Crippen molar-refractivity contribution in [1.29, 1.82) is 0 Å². The van der Waals surface area contributed by atoms with Crippen molar-refractivity contribution < 1.29 is 14.2 Å². The molecule has 2 rings (SSSR count). The summed E-state index contributed by atoms with van der Waals surface area (Å²) in [6, 6.07) is 3.32. The SMILES string of the molecule is CCC[CH2][Sn]([CH2]CCC)([CH2]CCC)[c]1cn(-c2ccc(OC)c(F)c2CO)nn1. The van der Waals surface area contributed by atoms with Gasteiger partial charge in [-0.25, -0.2) is 0 Å².